The first-order chi connectivity index (χ1) is 19.3. The van der Waals surface area contributed by atoms with Gasteiger partial charge in [-0.05, 0) is 53.8 Å². The quantitative estimate of drug-likeness (QED) is 0.136. The lowest BCUT2D eigenvalue weighted by Gasteiger charge is -2.23. The van der Waals surface area contributed by atoms with Gasteiger partial charge >= 0.3 is 12.4 Å². The molecule has 1 aliphatic heterocycles. The summed E-state index contributed by atoms with van der Waals surface area (Å²) in [6.07, 6.45) is -10.6. The fraction of sp³-hybridized carbons (Fsp3) is 0.200. The summed E-state index contributed by atoms with van der Waals surface area (Å²) >= 11 is 0. The molecule has 4 nitrogen and oxygen atoms in total. The zero-order valence-corrected chi connectivity index (χ0v) is 22.1. The minimum Gasteiger partial charge on any atom is -0.305 e. The highest BCUT2D eigenvalue weighted by Gasteiger charge is 2.37. The van der Waals surface area contributed by atoms with E-state index in [9.17, 15) is 40.1 Å². The van der Waals surface area contributed by atoms with Gasteiger partial charge in [0.2, 0.25) is 0 Å². The van der Waals surface area contributed by atoms with E-state index in [1.807, 2.05) is 0 Å². The van der Waals surface area contributed by atoms with Gasteiger partial charge in [-0.1, -0.05) is 49.0 Å². The van der Waals surface area contributed by atoms with Gasteiger partial charge in [-0.2, -0.15) is 26.3 Å². The molecule has 1 atom stereocenters. The molecule has 2 heterocycles. The summed E-state index contributed by atoms with van der Waals surface area (Å²) in [6.45, 7) is 3.86. The molecule has 1 aliphatic rings. The maximum atomic E-state index is 13.8. The van der Waals surface area contributed by atoms with Crippen LogP contribution in [-0.2, 0) is 36.1 Å². The highest BCUT2D eigenvalue weighted by molar-refractivity contribution is 7.85. The van der Waals surface area contributed by atoms with Crippen LogP contribution in [0.25, 0.3) is 22.0 Å². The van der Waals surface area contributed by atoms with Crippen molar-refractivity contribution in [3.63, 3.8) is 0 Å². The maximum absolute atomic E-state index is 13.8. The SMILES string of the molecule is C=C(CCc1cc(C(F)(F)F)cc(C(F)(F)F)c1)C(=O)c1c(-c2ccccc2)c2cccc3c2n(c1=O)CCS3=O. The van der Waals surface area contributed by atoms with Gasteiger partial charge in [-0.25, -0.2) is 0 Å². The molecule has 5 rings (SSSR count). The predicted molar refractivity (Wildman–Crippen MR) is 143 cm³/mol. The van der Waals surface area contributed by atoms with E-state index in [0.29, 0.717) is 39.1 Å². The second kappa shape index (κ2) is 10.4. The number of benzene rings is 3. The van der Waals surface area contributed by atoms with Gasteiger partial charge in [-0.15, -0.1) is 0 Å². The lowest BCUT2D eigenvalue weighted by molar-refractivity contribution is -0.143. The van der Waals surface area contributed by atoms with Crippen LogP contribution in [-0.4, -0.2) is 20.3 Å². The van der Waals surface area contributed by atoms with Gasteiger partial charge in [0, 0.05) is 23.2 Å². The number of halogens is 6. The Morgan fingerprint density at radius 3 is 2.15 bits per heavy atom. The first-order valence-electron chi connectivity index (χ1n) is 12.4. The number of hydrogen-bond acceptors (Lipinski definition) is 3. The first-order valence-corrected chi connectivity index (χ1v) is 13.7. The van der Waals surface area contributed by atoms with Crippen LogP contribution < -0.4 is 5.56 Å². The molecule has 3 aromatic carbocycles. The third-order valence-corrected chi connectivity index (χ3v) is 8.34. The van der Waals surface area contributed by atoms with Crippen LogP contribution in [0.1, 0.15) is 33.5 Å². The van der Waals surface area contributed by atoms with Crippen LogP contribution >= 0.6 is 0 Å². The number of carbonyl (C=O) groups excluding carboxylic acids is 1. The number of rotatable bonds is 6. The molecule has 4 aromatic rings. The number of para-hydroxylation sites is 1. The highest BCUT2D eigenvalue weighted by Crippen LogP contribution is 2.38. The van der Waals surface area contributed by atoms with Crippen molar-refractivity contribution in [2.75, 3.05) is 5.75 Å². The largest absolute Gasteiger partial charge is 0.416 e. The smallest absolute Gasteiger partial charge is 0.305 e. The molecule has 11 heteroatoms. The number of aryl methyl sites for hydroxylation is 2. The van der Waals surface area contributed by atoms with Crippen LogP contribution in [0.4, 0.5) is 26.3 Å². The monoisotopic (exact) mass is 589 g/mol. The highest BCUT2D eigenvalue weighted by atomic mass is 32.2. The molecule has 0 bridgehead atoms. The standard InChI is InChI=1S/C30H21F6NO3S/c1-17(10-11-18-14-20(29(31,32)33)16-21(15-18)30(34,35)36)27(38)25-24(19-6-3-2-4-7-19)22-8-5-9-23-26(22)37(28(25)39)12-13-41(23)40/h2-9,14-16H,1,10-13H2. The van der Waals surface area contributed by atoms with E-state index < -0.39 is 45.6 Å². The Balaban J connectivity index is 1.58. The van der Waals surface area contributed by atoms with Crippen molar-refractivity contribution in [3.8, 4) is 11.1 Å². The number of alkyl halides is 6. The molecule has 0 amide bonds. The topological polar surface area (TPSA) is 56.1 Å². The second-order valence-corrected chi connectivity index (χ2v) is 11.2. The van der Waals surface area contributed by atoms with E-state index in [0.717, 1.165) is 0 Å². The van der Waals surface area contributed by atoms with E-state index in [2.05, 4.69) is 6.58 Å². The Kier molecular flexibility index (Phi) is 7.27. The van der Waals surface area contributed by atoms with Crippen molar-refractivity contribution >= 4 is 27.5 Å². The summed E-state index contributed by atoms with van der Waals surface area (Å²) in [6, 6.07) is 14.9. The third-order valence-electron chi connectivity index (χ3n) is 6.97. The number of Topliss-reactive ketones (excluding diaryl/α,β-unsaturated/α-hetero) is 1. The molecular formula is C30H21F6NO3S. The number of carbonyl (C=O) groups is 1. The Bertz CT molecular complexity index is 1760. The number of allylic oxidation sites excluding steroid dienone is 1. The first kappa shape index (κ1) is 28.5. The maximum Gasteiger partial charge on any atom is 0.416 e. The van der Waals surface area contributed by atoms with Crippen molar-refractivity contribution in [1.29, 1.82) is 0 Å². The zero-order chi connectivity index (χ0) is 29.7. The molecule has 212 valence electrons. The molecule has 0 N–H and O–H groups in total. The lowest BCUT2D eigenvalue weighted by atomic mass is 9.90. The van der Waals surface area contributed by atoms with Crippen molar-refractivity contribution < 1.29 is 35.3 Å². The van der Waals surface area contributed by atoms with Gasteiger partial charge in [0.25, 0.3) is 5.56 Å². The molecular weight excluding hydrogens is 568 g/mol. The van der Waals surface area contributed by atoms with Crippen LogP contribution in [0.2, 0.25) is 0 Å². The molecule has 0 fully saturated rings. The summed E-state index contributed by atoms with van der Waals surface area (Å²) in [7, 11) is -1.35. The predicted octanol–water partition coefficient (Wildman–Crippen LogP) is 7.20. The average molecular weight is 590 g/mol. The summed E-state index contributed by atoms with van der Waals surface area (Å²) in [5.74, 6) is -0.595. The Labute approximate surface area is 232 Å². The van der Waals surface area contributed by atoms with Gasteiger partial charge in [-0.3, -0.25) is 13.8 Å². The lowest BCUT2D eigenvalue weighted by Crippen LogP contribution is -2.33. The Hall–Kier alpha value is -3.99. The molecule has 0 radical (unpaired) electrons. The minimum atomic E-state index is -5.00. The number of nitrogens with zero attached hydrogens (tertiary/aromatic N) is 1. The second-order valence-electron chi connectivity index (χ2n) is 9.62. The summed E-state index contributed by atoms with van der Waals surface area (Å²) in [5.41, 5.74) is -2.89. The number of hydrogen-bond donors (Lipinski definition) is 0. The summed E-state index contributed by atoms with van der Waals surface area (Å²) in [5, 5.41) is 0.519. The molecule has 1 aromatic heterocycles. The van der Waals surface area contributed by atoms with Crippen molar-refractivity contribution in [2.45, 2.75) is 36.6 Å². The molecule has 0 spiro atoms. The van der Waals surface area contributed by atoms with E-state index in [1.165, 1.54) is 4.57 Å². The van der Waals surface area contributed by atoms with Crippen molar-refractivity contribution in [2.24, 2.45) is 0 Å². The fourth-order valence-corrected chi connectivity index (χ4v) is 6.26. The Morgan fingerprint density at radius 1 is 0.902 bits per heavy atom. The molecule has 1 unspecified atom stereocenters. The number of aromatic nitrogens is 1. The molecule has 0 saturated carbocycles. The Morgan fingerprint density at radius 2 is 1.54 bits per heavy atom. The van der Waals surface area contributed by atoms with E-state index in [-0.39, 0.29) is 47.9 Å². The van der Waals surface area contributed by atoms with Gasteiger partial charge < -0.3 is 4.57 Å². The average Bonchev–Trinajstić information content (AvgIpc) is 2.93. The molecule has 0 aliphatic carbocycles. The van der Waals surface area contributed by atoms with Crippen LogP contribution in [0.5, 0.6) is 0 Å². The number of pyridine rings is 1. The fourth-order valence-electron chi connectivity index (χ4n) is 5.03. The molecule has 0 saturated heterocycles. The van der Waals surface area contributed by atoms with Crippen LogP contribution in [0, 0.1) is 0 Å². The zero-order valence-electron chi connectivity index (χ0n) is 21.2. The van der Waals surface area contributed by atoms with Crippen molar-refractivity contribution in [3.05, 3.63) is 111 Å². The molecule has 41 heavy (non-hydrogen) atoms. The third kappa shape index (κ3) is 5.38. The van der Waals surface area contributed by atoms with Crippen LogP contribution in [0.15, 0.2) is 88.6 Å². The van der Waals surface area contributed by atoms with Gasteiger partial charge in [0.15, 0.2) is 5.78 Å². The van der Waals surface area contributed by atoms with E-state index in [4.69, 9.17) is 0 Å². The summed E-state index contributed by atoms with van der Waals surface area (Å²) < 4.78 is 93.9. The van der Waals surface area contributed by atoms with E-state index >= 15 is 0 Å². The van der Waals surface area contributed by atoms with E-state index in [1.54, 1.807) is 48.5 Å². The minimum absolute atomic E-state index is 0.0401. The summed E-state index contributed by atoms with van der Waals surface area (Å²) in [4.78, 5) is 28.0. The van der Waals surface area contributed by atoms with Gasteiger partial charge in [0.1, 0.15) is 0 Å². The van der Waals surface area contributed by atoms with Gasteiger partial charge in [0.05, 0.1) is 37.9 Å². The normalized spacial score (nSPS) is 15.2. The van der Waals surface area contributed by atoms with Crippen LogP contribution in [0.3, 0.4) is 0 Å². The van der Waals surface area contributed by atoms with Crippen molar-refractivity contribution in [1.82, 2.24) is 4.57 Å². The number of ketones is 1.